The first-order valence-electron chi connectivity index (χ1n) is 10.3. The summed E-state index contributed by atoms with van der Waals surface area (Å²) in [6.45, 7) is 6.32. The summed E-state index contributed by atoms with van der Waals surface area (Å²) in [5.74, 6) is 2.48. The zero-order valence-corrected chi connectivity index (χ0v) is 16.8. The number of hydrogen-bond acceptors (Lipinski definition) is 4. The fourth-order valence-electron chi connectivity index (χ4n) is 3.93. The van der Waals surface area contributed by atoms with Crippen molar-refractivity contribution in [2.24, 2.45) is 10.9 Å². The van der Waals surface area contributed by atoms with Crippen molar-refractivity contribution in [2.75, 3.05) is 20.1 Å². The summed E-state index contributed by atoms with van der Waals surface area (Å²) in [7, 11) is 1.76. The molecular weight excluding hydrogens is 342 g/mol. The second-order valence-electron chi connectivity index (χ2n) is 8.05. The van der Waals surface area contributed by atoms with Crippen LogP contribution in [0.25, 0.3) is 0 Å². The number of nitrogens with one attached hydrogen (secondary N) is 2. The van der Waals surface area contributed by atoms with Gasteiger partial charge in [-0.3, -0.25) is 9.79 Å². The van der Waals surface area contributed by atoms with Gasteiger partial charge in [0.1, 0.15) is 0 Å². The van der Waals surface area contributed by atoms with Gasteiger partial charge < -0.3 is 20.1 Å². The molecule has 2 fully saturated rings. The zero-order valence-electron chi connectivity index (χ0n) is 16.8. The standard InChI is InChI=1S/C20H33N5O2/c1-14(2)18-11-17(27-24-18)12-22-20(21-3)23-16-9-10-25(13-16)19(26)15-7-5-4-6-8-15/h11,14-16H,4-10,12-13H2,1-3H3,(H2,21,22,23). The first kappa shape index (κ1) is 19.7. The molecule has 7 nitrogen and oxygen atoms in total. The average Bonchev–Trinajstić information content (AvgIpc) is 3.35. The molecule has 1 aliphatic heterocycles. The Balaban J connectivity index is 1.45. The molecule has 1 atom stereocenters. The van der Waals surface area contributed by atoms with Crippen molar-refractivity contribution in [1.82, 2.24) is 20.7 Å². The summed E-state index contributed by atoms with van der Waals surface area (Å²) < 4.78 is 5.36. The Morgan fingerprint density at radius 2 is 2.11 bits per heavy atom. The Morgan fingerprint density at radius 1 is 1.33 bits per heavy atom. The first-order chi connectivity index (χ1) is 13.1. The van der Waals surface area contributed by atoms with Crippen LogP contribution >= 0.6 is 0 Å². The van der Waals surface area contributed by atoms with Crippen molar-refractivity contribution in [2.45, 2.75) is 70.9 Å². The Labute approximate surface area is 162 Å². The van der Waals surface area contributed by atoms with Crippen molar-refractivity contribution < 1.29 is 9.32 Å². The van der Waals surface area contributed by atoms with Crippen LogP contribution in [0.15, 0.2) is 15.6 Å². The first-order valence-corrected chi connectivity index (χ1v) is 10.3. The highest BCUT2D eigenvalue weighted by Gasteiger charge is 2.31. The van der Waals surface area contributed by atoms with E-state index in [0.29, 0.717) is 18.4 Å². The number of amides is 1. The number of rotatable bonds is 5. The van der Waals surface area contributed by atoms with Crippen LogP contribution in [0.3, 0.4) is 0 Å². The smallest absolute Gasteiger partial charge is 0.225 e. The molecule has 0 bridgehead atoms. The lowest BCUT2D eigenvalue weighted by atomic mass is 9.88. The Kier molecular flexibility index (Phi) is 6.74. The van der Waals surface area contributed by atoms with E-state index < -0.39 is 0 Å². The molecule has 1 saturated heterocycles. The van der Waals surface area contributed by atoms with Crippen LogP contribution in [0.1, 0.15) is 69.7 Å². The molecule has 2 N–H and O–H groups in total. The van der Waals surface area contributed by atoms with E-state index in [1.165, 1.54) is 19.3 Å². The van der Waals surface area contributed by atoms with Crippen LogP contribution in [0.2, 0.25) is 0 Å². The number of carbonyl (C=O) groups is 1. The largest absolute Gasteiger partial charge is 0.359 e. The molecule has 27 heavy (non-hydrogen) atoms. The van der Waals surface area contributed by atoms with Crippen molar-refractivity contribution in [3.63, 3.8) is 0 Å². The number of aliphatic imine (C=N–C) groups is 1. The second-order valence-corrected chi connectivity index (χ2v) is 8.05. The number of guanidine groups is 1. The van der Waals surface area contributed by atoms with Crippen molar-refractivity contribution >= 4 is 11.9 Å². The highest BCUT2D eigenvalue weighted by molar-refractivity contribution is 5.81. The van der Waals surface area contributed by atoms with E-state index in [4.69, 9.17) is 4.52 Å². The molecule has 7 heteroatoms. The summed E-state index contributed by atoms with van der Waals surface area (Å²) in [5.41, 5.74) is 0.961. The minimum absolute atomic E-state index is 0.240. The molecule has 1 aliphatic carbocycles. The highest BCUT2D eigenvalue weighted by Crippen LogP contribution is 2.26. The van der Waals surface area contributed by atoms with E-state index >= 15 is 0 Å². The van der Waals surface area contributed by atoms with Crippen LogP contribution in [0.4, 0.5) is 0 Å². The maximum Gasteiger partial charge on any atom is 0.225 e. The van der Waals surface area contributed by atoms with E-state index in [2.05, 4.69) is 34.6 Å². The lowest BCUT2D eigenvalue weighted by Gasteiger charge is -2.26. The highest BCUT2D eigenvalue weighted by atomic mass is 16.5. The number of nitrogens with zero attached hydrogens (tertiary/aromatic N) is 3. The normalized spacial score (nSPS) is 21.7. The summed E-state index contributed by atoms with van der Waals surface area (Å²) in [4.78, 5) is 19.0. The van der Waals surface area contributed by atoms with Crippen LogP contribution in [-0.2, 0) is 11.3 Å². The second kappa shape index (κ2) is 9.24. The van der Waals surface area contributed by atoms with Gasteiger partial charge in [0.2, 0.25) is 5.91 Å². The minimum Gasteiger partial charge on any atom is -0.359 e. The summed E-state index contributed by atoms with van der Waals surface area (Å²) in [5, 5.41) is 10.8. The quantitative estimate of drug-likeness (QED) is 0.611. The lowest BCUT2D eigenvalue weighted by Crippen LogP contribution is -2.45. The Bertz CT molecular complexity index is 649. The lowest BCUT2D eigenvalue weighted by molar-refractivity contribution is -0.135. The third-order valence-electron chi connectivity index (χ3n) is 5.62. The molecule has 0 aromatic carbocycles. The fourth-order valence-corrected chi connectivity index (χ4v) is 3.93. The Morgan fingerprint density at radius 3 is 2.78 bits per heavy atom. The van der Waals surface area contributed by atoms with Crippen LogP contribution in [0.5, 0.6) is 0 Å². The van der Waals surface area contributed by atoms with Gasteiger partial charge in [0.25, 0.3) is 0 Å². The molecule has 2 aliphatic rings. The topological polar surface area (TPSA) is 82.8 Å². The summed E-state index contributed by atoms with van der Waals surface area (Å²) in [6.07, 6.45) is 6.75. The maximum atomic E-state index is 12.7. The van der Waals surface area contributed by atoms with Gasteiger partial charge >= 0.3 is 0 Å². The summed E-state index contributed by atoms with van der Waals surface area (Å²) >= 11 is 0. The van der Waals surface area contributed by atoms with Crippen molar-refractivity contribution in [3.05, 3.63) is 17.5 Å². The molecule has 0 radical (unpaired) electrons. The van der Waals surface area contributed by atoms with Gasteiger partial charge in [-0.2, -0.15) is 0 Å². The third kappa shape index (κ3) is 5.23. The van der Waals surface area contributed by atoms with E-state index in [0.717, 1.165) is 49.8 Å². The molecule has 1 aromatic heterocycles. The van der Waals surface area contributed by atoms with E-state index in [1.54, 1.807) is 7.05 Å². The number of hydrogen-bond donors (Lipinski definition) is 2. The predicted octanol–water partition coefficient (Wildman–Crippen LogP) is 2.64. The van der Waals surface area contributed by atoms with Gasteiger partial charge in [0.15, 0.2) is 11.7 Å². The maximum absolute atomic E-state index is 12.7. The predicted molar refractivity (Wildman–Crippen MR) is 105 cm³/mol. The third-order valence-corrected chi connectivity index (χ3v) is 5.62. The average molecular weight is 376 g/mol. The van der Waals surface area contributed by atoms with Crippen LogP contribution in [0, 0.1) is 5.92 Å². The van der Waals surface area contributed by atoms with Crippen LogP contribution < -0.4 is 10.6 Å². The number of carbonyl (C=O) groups excluding carboxylic acids is 1. The SMILES string of the molecule is CN=C(NCc1cc(C(C)C)no1)NC1CCN(C(=O)C2CCCCC2)C1. The Hall–Kier alpha value is -2.05. The van der Waals surface area contributed by atoms with Gasteiger partial charge in [-0.25, -0.2) is 0 Å². The number of aromatic nitrogens is 1. The van der Waals surface area contributed by atoms with E-state index in [9.17, 15) is 4.79 Å². The van der Waals surface area contributed by atoms with Crippen molar-refractivity contribution in [3.8, 4) is 0 Å². The van der Waals surface area contributed by atoms with Gasteiger partial charge in [0.05, 0.1) is 12.2 Å². The zero-order chi connectivity index (χ0) is 19.2. The van der Waals surface area contributed by atoms with E-state index in [1.807, 2.05) is 11.0 Å². The monoisotopic (exact) mass is 375 g/mol. The van der Waals surface area contributed by atoms with Crippen molar-refractivity contribution in [1.29, 1.82) is 0 Å². The molecule has 1 unspecified atom stereocenters. The molecular formula is C20H33N5O2. The fraction of sp³-hybridized carbons (Fsp3) is 0.750. The van der Waals surface area contributed by atoms with Gasteiger partial charge in [-0.05, 0) is 25.2 Å². The molecule has 1 saturated carbocycles. The van der Waals surface area contributed by atoms with Gasteiger partial charge in [-0.15, -0.1) is 0 Å². The molecule has 0 spiro atoms. The molecule has 3 rings (SSSR count). The molecule has 2 heterocycles. The van der Waals surface area contributed by atoms with Crippen LogP contribution in [-0.4, -0.2) is 48.1 Å². The van der Waals surface area contributed by atoms with E-state index in [-0.39, 0.29) is 12.0 Å². The minimum atomic E-state index is 0.240. The van der Waals surface area contributed by atoms with Gasteiger partial charge in [-0.1, -0.05) is 38.3 Å². The summed E-state index contributed by atoms with van der Waals surface area (Å²) in [6, 6.07) is 2.22. The van der Waals surface area contributed by atoms with Gasteiger partial charge in [0, 0.05) is 38.2 Å². The molecule has 1 aromatic rings. The molecule has 1 amide bonds. The molecule has 150 valence electrons. The number of likely N-dealkylation sites (tertiary alicyclic amines) is 1.